The highest BCUT2D eigenvalue weighted by molar-refractivity contribution is 9.09. The zero-order chi connectivity index (χ0) is 9.87. The number of hydrogen-bond acceptors (Lipinski definition) is 3. The lowest BCUT2D eigenvalue weighted by molar-refractivity contribution is -0.138. The van der Waals surface area contributed by atoms with Gasteiger partial charge in [0, 0.05) is 10.5 Å². The molecule has 0 aromatic heterocycles. The first-order chi connectivity index (χ1) is 6.74. The number of alkyl halides is 1. The van der Waals surface area contributed by atoms with Crippen molar-refractivity contribution < 1.29 is 9.59 Å². The van der Waals surface area contributed by atoms with Crippen molar-refractivity contribution in [2.75, 3.05) is 5.45 Å². The quantitative estimate of drug-likeness (QED) is 0.310. The first kappa shape index (κ1) is 8.97. The second-order valence-corrected chi connectivity index (χ2v) is 5.59. The minimum Gasteiger partial charge on any atom is -0.274 e. The highest BCUT2D eigenvalue weighted by Crippen LogP contribution is 2.53. The van der Waals surface area contributed by atoms with Gasteiger partial charge in [0.15, 0.2) is 0 Å². The van der Waals surface area contributed by atoms with Crippen LogP contribution in [0.5, 0.6) is 0 Å². The van der Waals surface area contributed by atoms with E-state index in [0.29, 0.717) is 5.45 Å². The lowest BCUT2D eigenvalue weighted by Gasteiger charge is -2.12. The van der Waals surface area contributed by atoms with Crippen LogP contribution in [0.2, 0.25) is 0 Å². The van der Waals surface area contributed by atoms with Crippen LogP contribution in [0.3, 0.4) is 0 Å². The number of carbonyl (C=O) groups excluding carboxylic acids is 2. The third-order valence-corrected chi connectivity index (χ3v) is 5.15. The molecule has 14 heavy (non-hydrogen) atoms. The first-order valence-electron chi connectivity index (χ1n) is 4.49. The van der Waals surface area contributed by atoms with E-state index in [2.05, 4.69) is 28.1 Å². The molecule has 3 rings (SSSR count). The average molecular weight is 274 g/mol. The Morgan fingerprint density at radius 2 is 1.71 bits per heavy atom. The summed E-state index contributed by atoms with van der Waals surface area (Å²) in [5.41, 5.74) is 0.335. The Kier molecular flexibility index (Phi) is 1.83. The van der Waals surface area contributed by atoms with Crippen molar-refractivity contribution in [1.82, 2.24) is 4.90 Å². The van der Waals surface area contributed by atoms with Crippen molar-refractivity contribution in [3.05, 3.63) is 12.2 Å². The van der Waals surface area contributed by atoms with Gasteiger partial charge in [-0.2, -0.15) is 0 Å². The van der Waals surface area contributed by atoms with Gasteiger partial charge in [-0.25, -0.2) is 0 Å². The first-order valence-corrected chi connectivity index (χ1v) is 6.55. The molecule has 4 atom stereocenters. The molecule has 2 amide bonds. The summed E-state index contributed by atoms with van der Waals surface area (Å²) in [7, 11) is 0. The molecule has 0 aromatic carbocycles. The SMILES string of the molecule is O=C1C2C3C=CC(S3)C2C(=O)N1CBr. The van der Waals surface area contributed by atoms with Crippen LogP contribution >= 0.6 is 27.7 Å². The number of nitrogens with zero attached hydrogens (tertiary/aromatic N) is 1. The molecule has 0 radical (unpaired) electrons. The number of amides is 2. The number of rotatable bonds is 1. The third kappa shape index (κ3) is 0.896. The van der Waals surface area contributed by atoms with E-state index >= 15 is 0 Å². The van der Waals surface area contributed by atoms with Gasteiger partial charge in [0.05, 0.1) is 17.3 Å². The van der Waals surface area contributed by atoms with E-state index in [4.69, 9.17) is 0 Å². The van der Waals surface area contributed by atoms with E-state index in [1.54, 1.807) is 11.8 Å². The zero-order valence-corrected chi connectivity index (χ0v) is 9.62. The smallest absolute Gasteiger partial charge is 0.235 e. The summed E-state index contributed by atoms with van der Waals surface area (Å²) in [5.74, 6) is -0.164. The number of imide groups is 1. The largest absolute Gasteiger partial charge is 0.274 e. The van der Waals surface area contributed by atoms with E-state index in [1.165, 1.54) is 4.90 Å². The van der Waals surface area contributed by atoms with Crippen molar-refractivity contribution in [3.8, 4) is 0 Å². The highest BCUT2D eigenvalue weighted by atomic mass is 79.9. The maximum absolute atomic E-state index is 11.8. The molecule has 3 aliphatic rings. The predicted molar refractivity (Wildman–Crippen MR) is 56.9 cm³/mol. The number of likely N-dealkylation sites (tertiary alicyclic amines) is 1. The van der Waals surface area contributed by atoms with Crippen molar-refractivity contribution in [1.29, 1.82) is 0 Å². The van der Waals surface area contributed by atoms with Gasteiger partial charge < -0.3 is 0 Å². The van der Waals surface area contributed by atoms with E-state index in [9.17, 15) is 9.59 Å². The predicted octanol–water partition coefficient (Wildman–Crippen LogP) is 0.994. The Bertz CT molecular complexity index is 327. The van der Waals surface area contributed by atoms with E-state index < -0.39 is 0 Å². The molecular weight excluding hydrogens is 266 g/mol. The van der Waals surface area contributed by atoms with Gasteiger partial charge in [-0.3, -0.25) is 14.5 Å². The Morgan fingerprint density at radius 1 is 1.21 bits per heavy atom. The third-order valence-electron chi connectivity index (χ3n) is 3.12. The number of fused-ring (bicyclic) bond motifs is 5. The second kappa shape index (κ2) is 2.85. The van der Waals surface area contributed by atoms with E-state index in [1.807, 2.05) is 0 Å². The maximum atomic E-state index is 11.8. The molecule has 3 aliphatic heterocycles. The molecule has 2 bridgehead atoms. The van der Waals surface area contributed by atoms with Crippen molar-refractivity contribution >= 4 is 39.5 Å². The Hall–Kier alpha value is -0.290. The number of halogens is 1. The molecule has 0 spiro atoms. The number of hydrogen-bond donors (Lipinski definition) is 0. The average Bonchev–Trinajstić information content (AvgIpc) is 2.80. The molecule has 3 nitrogen and oxygen atoms in total. The minimum atomic E-state index is -0.0833. The molecule has 5 heteroatoms. The van der Waals surface area contributed by atoms with E-state index in [0.717, 1.165) is 0 Å². The maximum Gasteiger partial charge on any atom is 0.235 e. The second-order valence-electron chi connectivity index (χ2n) is 3.73. The fourth-order valence-corrected chi connectivity index (χ4v) is 4.61. The molecule has 3 heterocycles. The fourth-order valence-electron chi connectivity index (χ4n) is 2.48. The zero-order valence-electron chi connectivity index (χ0n) is 7.22. The highest BCUT2D eigenvalue weighted by Gasteiger charge is 2.59. The van der Waals surface area contributed by atoms with Crippen LogP contribution in [0.1, 0.15) is 0 Å². The van der Waals surface area contributed by atoms with Crippen LogP contribution in [0.25, 0.3) is 0 Å². The number of thioether (sulfide) groups is 1. The van der Waals surface area contributed by atoms with Crippen LogP contribution < -0.4 is 0 Å². The van der Waals surface area contributed by atoms with Crippen LogP contribution in [0, 0.1) is 11.8 Å². The van der Waals surface area contributed by atoms with Gasteiger partial charge in [-0.05, 0) is 0 Å². The van der Waals surface area contributed by atoms with Crippen LogP contribution in [-0.4, -0.2) is 32.7 Å². The molecule has 0 saturated carbocycles. The normalized spacial score (nSPS) is 43.9. The minimum absolute atomic E-state index is 0.00113. The standard InChI is InChI=1S/C9H8BrNO2S/c10-3-11-8(12)6-4-1-2-5(14-4)7(6)9(11)13/h1-2,4-7H,3H2. The van der Waals surface area contributed by atoms with Crippen molar-refractivity contribution in [2.24, 2.45) is 11.8 Å². The van der Waals surface area contributed by atoms with E-state index in [-0.39, 0.29) is 34.2 Å². The fraction of sp³-hybridized carbons (Fsp3) is 0.556. The van der Waals surface area contributed by atoms with Crippen molar-refractivity contribution in [3.63, 3.8) is 0 Å². The van der Waals surface area contributed by atoms with Crippen molar-refractivity contribution in [2.45, 2.75) is 10.5 Å². The van der Waals surface area contributed by atoms with Crippen LogP contribution in [-0.2, 0) is 9.59 Å². The van der Waals surface area contributed by atoms with Crippen LogP contribution in [0.15, 0.2) is 12.2 Å². The van der Waals surface area contributed by atoms with Gasteiger partial charge >= 0.3 is 0 Å². The summed E-state index contributed by atoms with van der Waals surface area (Å²) < 4.78 is 0. The topological polar surface area (TPSA) is 37.4 Å². The van der Waals surface area contributed by atoms with Crippen LogP contribution in [0.4, 0.5) is 0 Å². The van der Waals surface area contributed by atoms with Gasteiger partial charge in [-0.1, -0.05) is 28.1 Å². The van der Waals surface area contributed by atoms with Gasteiger partial charge in [0.1, 0.15) is 0 Å². The van der Waals surface area contributed by atoms with Gasteiger partial charge in [0.25, 0.3) is 0 Å². The summed E-state index contributed by atoms with van der Waals surface area (Å²) in [6.45, 7) is 0. The molecule has 4 unspecified atom stereocenters. The monoisotopic (exact) mass is 273 g/mol. The molecule has 2 saturated heterocycles. The summed E-state index contributed by atoms with van der Waals surface area (Å²) in [4.78, 5) is 25.0. The molecule has 0 aliphatic carbocycles. The summed E-state index contributed by atoms with van der Waals surface area (Å²) in [5, 5.41) is 0.482. The Labute approximate surface area is 94.0 Å². The molecule has 0 N–H and O–H groups in total. The molecule has 2 fully saturated rings. The van der Waals surface area contributed by atoms with Gasteiger partial charge in [-0.15, -0.1) is 11.8 Å². The molecule has 0 aromatic rings. The molecular formula is C9H8BrNO2S. The lowest BCUT2D eigenvalue weighted by atomic mass is 9.85. The Balaban J connectivity index is 2.02. The summed E-state index contributed by atoms with van der Waals surface area (Å²) >= 11 is 4.93. The van der Waals surface area contributed by atoms with Gasteiger partial charge in [0.2, 0.25) is 11.8 Å². The molecule has 74 valence electrons. The lowest BCUT2D eigenvalue weighted by Crippen LogP contribution is -2.31. The Morgan fingerprint density at radius 3 is 2.14 bits per heavy atom. The summed E-state index contributed by atoms with van der Waals surface area (Å²) in [6.07, 6.45) is 4.14. The summed E-state index contributed by atoms with van der Waals surface area (Å²) in [6, 6.07) is 0. The number of carbonyl (C=O) groups is 2.